The van der Waals surface area contributed by atoms with E-state index < -0.39 is 35.7 Å². The molecule has 0 heterocycles. The molecule has 9 heteroatoms. The number of aryl methyl sites for hydroxylation is 3. The molecule has 0 spiro atoms. The predicted molar refractivity (Wildman–Crippen MR) is 112 cm³/mol. The van der Waals surface area contributed by atoms with Crippen molar-refractivity contribution >= 4 is 11.6 Å². The smallest absolute Gasteiger partial charge is 0.326 e. The Bertz CT molecular complexity index is 1000. The maximum absolute atomic E-state index is 15.1. The minimum absolute atomic E-state index is 0.0428. The highest BCUT2D eigenvalue weighted by Crippen LogP contribution is 2.54. The summed E-state index contributed by atoms with van der Waals surface area (Å²) in [5.74, 6) is -5.21. The van der Waals surface area contributed by atoms with Gasteiger partial charge >= 0.3 is 6.18 Å². The molecule has 176 valence electrons. The number of nitrogens with one attached hydrogen (secondary N) is 1. The lowest BCUT2D eigenvalue weighted by Gasteiger charge is -2.35. The van der Waals surface area contributed by atoms with Crippen molar-refractivity contribution in [1.29, 1.82) is 0 Å². The van der Waals surface area contributed by atoms with Crippen LogP contribution in [0.2, 0.25) is 0 Å². The molecule has 32 heavy (non-hydrogen) atoms. The number of hydrogen-bond donors (Lipinski definition) is 2. The minimum Gasteiger partial charge on any atom is -0.326 e. The molecule has 2 rings (SSSR count). The van der Waals surface area contributed by atoms with Crippen molar-refractivity contribution in [3.63, 3.8) is 0 Å². The molecule has 1 unspecified atom stereocenters. The zero-order valence-corrected chi connectivity index (χ0v) is 18.3. The van der Waals surface area contributed by atoms with Gasteiger partial charge in [0.05, 0.1) is 0 Å². The Morgan fingerprint density at radius 2 is 1.56 bits per heavy atom. The van der Waals surface area contributed by atoms with Crippen molar-refractivity contribution in [2.24, 2.45) is 5.73 Å². The largest absolute Gasteiger partial charge is 0.432 e. The number of carbonyl (C=O) groups is 1. The Kier molecular flexibility index (Phi) is 7.34. The average molecular weight is 460 g/mol. The molecule has 2 aromatic rings. The summed E-state index contributed by atoms with van der Waals surface area (Å²) in [7, 11) is 0. The van der Waals surface area contributed by atoms with Crippen LogP contribution in [0.4, 0.5) is 32.0 Å². The third-order valence-corrected chi connectivity index (χ3v) is 5.60. The van der Waals surface area contributed by atoms with Crippen LogP contribution in [-0.4, -0.2) is 18.0 Å². The van der Waals surface area contributed by atoms with Gasteiger partial charge in [-0.15, -0.1) is 0 Å². The van der Waals surface area contributed by atoms with E-state index in [9.17, 15) is 26.7 Å². The van der Waals surface area contributed by atoms with Gasteiger partial charge in [0, 0.05) is 29.8 Å². The van der Waals surface area contributed by atoms with Gasteiger partial charge in [-0.2, -0.15) is 13.2 Å². The summed E-state index contributed by atoms with van der Waals surface area (Å²) in [6.45, 7) is 5.77. The second-order valence-corrected chi connectivity index (χ2v) is 7.69. The van der Waals surface area contributed by atoms with Crippen LogP contribution in [-0.2, 0) is 18.6 Å². The Hall–Kier alpha value is -2.55. The minimum atomic E-state index is -5.84. The highest BCUT2D eigenvalue weighted by molar-refractivity contribution is 6.05. The molecule has 1 atom stereocenters. The van der Waals surface area contributed by atoms with Crippen LogP contribution >= 0.6 is 0 Å². The number of halogens is 6. The predicted octanol–water partition coefficient (Wildman–Crippen LogP) is 6.35. The summed E-state index contributed by atoms with van der Waals surface area (Å²) in [5, 5.41) is 2.62. The first kappa shape index (κ1) is 25.7. The Morgan fingerprint density at radius 1 is 0.938 bits per heavy atom. The van der Waals surface area contributed by atoms with Crippen LogP contribution in [0.1, 0.15) is 58.4 Å². The van der Waals surface area contributed by atoms with E-state index in [2.05, 4.69) is 5.32 Å². The number of alkyl halides is 6. The second-order valence-electron chi connectivity index (χ2n) is 7.69. The Labute approximate surface area is 183 Å². The van der Waals surface area contributed by atoms with E-state index in [0.717, 1.165) is 24.1 Å². The van der Waals surface area contributed by atoms with Gasteiger partial charge in [-0.3, -0.25) is 4.79 Å². The molecule has 0 saturated heterocycles. The number of amides is 1. The molecule has 0 aromatic heterocycles. The van der Waals surface area contributed by atoms with Gasteiger partial charge < -0.3 is 11.1 Å². The maximum Gasteiger partial charge on any atom is 0.432 e. The van der Waals surface area contributed by atoms with Gasteiger partial charge in [0.25, 0.3) is 17.5 Å². The van der Waals surface area contributed by atoms with Gasteiger partial charge in [-0.05, 0) is 60.7 Å². The van der Waals surface area contributed by atoms with Crippen LogP contribution in [0.15, 0.2) is 30.3 Å². The molecule has 0 saturated carbocycles. The van der Waals surface area contributed by atoms with Crippen LogP contribution in [0.25, 0.3) is 0 Å². The lowest BCUT2D eigenvalue weighted by Crippen LogP contribution is -2.52. The molecule has 0 bridgehead atoms. The fourth-order valence-electron chi connectivity index (χ4n) is 3.59. The summed E-state index contributed by atoms with van der Waals surface area (Å²) < 4.78 is 84.1. The molecular weight excluding hydrogens is 434 g/mol. The topological polar surface area (TPSA) is 55.1 Å². The highest BCUT2D eigenvalue weighted by atomic mass is 19.4. The molecule has 0 aliphatic heterocycles. The van der Waals surface area contributed by atoms with Crippen LogP contribution in [0, 0.1) is 13.8 Å². The SMILES string of the molecule is CCc1cc(C(F)(C(F)(F)F)C(F)(F)CC)cc(C)c1NC(=O)c1ccc(CN)c(C)c1. The van der Waals surface area contributed by atoms with Crippen molar-refractivity contribution in [3.8, 4) is 0 Å². The zero-order valence-electron chi connectivity index (χ0n) is 18.3. The van der Waals surface area contributed by atoms with Gasteiger partial charge in [-0.1, -0.05) is 26.0 Å². The van der Waals surface area contributed by atoms with E-state index >= 15 is 4.39 Å². The Morgan fingerprint density at radius 3 is 2.03 bits per heavy atom. The quantitative estimate of drug-likeness (QED) is 0.473. The van der Waals surface area contributed by atoms with Crippen LogP contribution in [0.5, 0.6) is 0 Å². The average Bonchev–Trinajstić information content (AvgIpc) is 2.73. The number of nitrogens with two attached hydrogens (primary N) is 1. The number of anilines is 1. The summed E-state index contributed by atoms with van der Waals surface area (Å²) in [6, 6.07) is 6.33. The van der Waals surface area contributed by atoms with Crippen LogP contribution < -0.4 is 11.1 Å². The molecule has 0 aliphatic carbocycles. The van der Waals surface area contributed by atoms with Gasteiger partial charge in [0.2, 0.25) is 0 Å². The highest BCUT2D eigenvalue weighted by Gasteiger charge is 2.71. The Balaban J connectivity index is 2.55. The van der Waals surface area contributed by atoms with E-state index in [1.807, 2.05) is 0 Å². The van der Waals surface area contributed by atoms with Crippen molar-refractivity contribution in [2.75, 3.05) is 5.32 Å². The van der Waals surface area contributed by atoms with E-state index in [0.29, 0.717) is 12.6 Å². The van der Waals surface area contributed by atoms with Gasteiger partial charge in [0.1, 0.15) is 0 Å². The zero-order chi connectivity index (χ0) is 24.5. The van der Waals surface area contributed by atoms with E-state index in [-0.39, 0.29) is 28.8 Å². The molecule has 0 radical (unpaired) electrons. The van der Waals surface area contributed by atoms with Crippen molar-refractivity contribution in [3.05, 3.63) is 63.7 Å². The van der Waals surface area contributed by atoms with E-state index in [1.54, 1.807) is 32.0 Å². The van der Waals surface area contributed by atoms with Gasteiger partial charge in [0.15, 0.2) is 0 Å². The van der Waals surface area contributed by atoms with E-state index in [4.69, 9.17) is 5.73 Å². The number of hydrogen-bond acceptors (Lipinski definition) is 2. The molecule has 3 N–H and O–H groups in total. The third-order valence-electron chi connectivity index (χ3n) is 5.60. The molecule has 0 fully saturated rings. The summed E-state index contributed by atoms with van der Waals surface area (Å²) >= 11 is 0. The summed E-state index contributed by atoms with van der Waals surface area (Å²) in [4.78, 5) is 12.7. The molecule has 0 aliphatic rings. The number of benzene rings is 2. The first-order valence-corrected chi connectivity index (χ1v) is 10.1. The first-order valence-electron chi connectivity index (χ1n) is 10.1. The standard InChI is InChI=1S/C23H26F6N2O/c1-5-15-11-18(22(26,23(27,28)29)21(24,25)6-2)10-14(4)19(15)31-20(32)16-7-8-17(12-30)13(3)9-16/h7-11H,5-6,12,30H2,1-4H3,(H,31,32). The fourth-order valence-corrected chi connectivity index (χ4v) is 3.59. The lowest BCUT2D eigenvalue weighted by atomic mass is 9.84. The monoisotopic (exact) mass is 460 g/mol. The van der Waals surface area contributed by atoms with E-state index in [1.165, 1.54) is 6.92 Å². The number of carbonyl (C=O) groups excluding carboxylic acids is 1. The normalized spacial score (nSPS) is 14.2. The summed E-state index contributed by atoms with van der Waals surface area (Å²) in [6.07, 6.45) is -7.09. The fraction of sp³-hybridized carbons (Fsp3) is 0.435. The second kappa shape index (κ2) is 9.13. The summed E-state index contributed by atoms with van der Waals surface area (Å²) in [5.41, 5.74) is 1.81. The van der Waals surface area contributed by atoms with Crippen molar-refractivity contribution in [1.82, 2.24) is 0 Å². The molecule has 2 aromatic carbocycles. The first-order chi connectivity index (χ1) is 14.7. The van der Waals surface area contributed by atoms with Gasteiger partial charge in [-0.25, -0.2) is 13.2 Å². The van der Waals surface area contributed by atoms with Crippen molar-refractivity contribution < 1.29 is 31.1 Å². The van der Waals surface area contributed by atoms with Crippen LogP contribution in [0.3, 0.4) is 0 Å². The lowest BCUT2D eigenvalue weighted by molar-refractivity contribution is -0.310. The molecule has 3 nitrogen and oxygen atoms in total. The maximum atomic E-state index is 15.1. The third kappa shape index (κ3) is 4.48. The molecular formula is C23H26F6N2O. The van der Waals surface area contributed by atoms with Crippen molar-refractivity contribution in [2.45, 2.75) is 64.8 Å². The molecule has 1 amide bonds. The number of rotatable bonds is 7.